The molecule has 0 radical (unpaired) electrons. The first-order valence-electron chi connectivity index (χ1n) is 9.70. The number of benzene rings is 2. The van der Waals surface area contributed by atoms with Gasteiger partial charge in [-0.3, -0.25) is 4.79 Å². The number of anilines is 1. The van der Waals surface area contributed by atoms with Crippen molar-refractivity contribution in [1.82, 2.24) is 4.31 Å². The zero-order chi connectivity index (χ0) is 20.9. The second-order valence-electron chi connectivity index (χ2n) is 6.99. The van der Waals surface area contributed by atoms with Crippen LogP contribution in [0.5, 0.6) is 5.75 Å². The molecule has 1 aliphatic rings. The molecule has 8 heteroatoms. The SMILES string of the molecule is CCC1CCCCN1S(=O)(=O)c1ccc(NC(=O)COc2ccc(Cl)cc2)cc1. The number of amides is 1. The van der Waals surface area contributed by atoms with Crippen LogP contribution < -0.4 is 10.1 Å². The summed E-state index contributed by atoms with van der Waals surface area (Å²) in [4.78, 5) is 12.3. The molecule has 29 heavy (non-hydrogen) atoms. The predicted octanol–water partition coefficient (Wildman–Crippen LogP) is 4.31. The summed E-state index contributed by atoms with van der Waals surface area (Å²) >= 11 is 5.81. The summed E-state index contributed by atoms with van der Waals surface area (Å²) in [6.07, 6.45) is 3.66. The lowest BCUT2D eigenvalue weighted by atomic mass is 10.0. The molecule has 1 aliphatic heterocycles. The highest BCUT2D eigenvalue weighted by Gasteiger charge is 2.32. The predicted molar refractivity (Wildman–Crippen MR) is 114 cm³/mol. The summed E-state index contributed by atoms with van der Waals surface area (Å²) in [5.41, 5.74) is 0.513. The Hall–Kier alpha value is -2.09. The molecular weight excluding hydrogens is 412 g/mol. The van der Waals surface area contributed by atoms with E-state index in [0.29, 0.717) is 23.0 Å². The van der Waals surface area contributed by atoms with Gasteiger partial charge in [-0.15, -0.1) is 0 Å². The Labute approximate surface area is 176 Å². The van der Waals surface area contributed by atoms with E-state index in [1.807, 2.05) is 6.92 Å². The highest BCUT2D eigenvalue weighted by atomic mass is 35.5. The zero-order valence-corrected chi connectivity index (χ0v) is 17.9. The number of rotatable bonds is 7. The average Bonchev–Trinajstić information content (AvgIpc) is 2.73. The monoisotopic (exact) mass is 436 g/mol. The molecule has 1 amide bonds. The summed E-state index contributed by atoms with van der Waals surface area (Å²) in [5, 5.41) is 3.29. The van der Waals surface area contributed by atoms with Crippen molar-refractivity contribution < 1.29 is 17.9 Å². The number of sulfonamides is 1. The van der Waals surface area contributed by atoms with E-state index in [9.17, 15) is 13.2 Å². The van der Waals surface area contributed by atoms with Gasteiger partial charge in [-0.1, -0.05) is 24.9 Å². The molecule has 1 saturated heterocycles. The minimum atomic E-state index is -3.53. The Morgan fingerprint density at radius 3 is 2.48 bits per heavy atom. The van der Waals surface area contributed by atoms with Crippen molar-refractivity contribution in [2.24, 2.45) is 0 Å². The van der Waals surface area contributed by atoms with E-state index in [0.717, 1.165) is 25.7 Å². The van der Waals surface area contributed by atoms with E-state index in [4.69, 9.17) is 16.3 Å². The molecule has 1 atom stereocenters. The fourth-order valence-corrected chi connectivity index (χ4v) is 5.31. The number of nitrogens with zero attached hydrogens (tertiary/aromatic N) is 1. The number of nitrogens with one attached hydrogen (secondary N) is 1. The van der Waals surface area contributed by atoms with Gasteiger partial charge in [0.1, 0.15) is 5.75 Å². The number of carbonyl (C=O) groups is 1. The molecule has 0 bridgehead atoms. The van der Waals surface area contributed by atoms with Crippen LogP contribution in [0.4, 0.5) is 5.69 Å². The zero-order valence-electron chi connectivity index (χ0n) is 16.3. The van der Waals surface area contributed by atoms with Crippen LogP contribution in [0, 0.1) is 0 Å². The molecule has 1 N–H and O–H groups in total. The maximum atomic E-state index is 13.0. The molecule has 156 valence electrons. The minimum Gasteiger partial charge on any atom is -0.484 e. The molecule has 2 aromatic carbocycles. The molecule has 0 aliphatic carbocycles. The molecular formula is C21H25ClN2O4S. The van der Waals surface area contributed by atoms with E-state index in [2.05, 4.69) is 5.32 Å². The van der Waals surface area contributed by atoms with Crippen LogP contribution in [0.1, 0.15) is 32.6 Å². The van der Waals surface area contributed by atoms with Gasteiger partial charge >= 0.3 is 0 Å². The van der Waals surface area contributed by atoms with Gasteiger partial charge in [0.15, 0.2) is 6.61 Å². The van der Waals surface area contributed by atoms with Gasteiger partial charge < -0.3 is 10.1 Å². The molecule has 2 aromatic rings. The number of ether oxygens (including phenoxy) is 1. The van der Waals surface area contributed by atoms with Crippen LogP contribution in [-0.2, 0) is 14.8 Å². The third kappa shape index (κ3) is 5.50. The molecule has 1 unspecified atom stereocenters. The van der Waals surface area contributed by atoms with Crippen molar-refractivity contribution in [3.8, 4) is 5.75 Å². The van der Waals surface area contributed by atoms with E-state index >= 15 is 0 Å². The van der Waals surface area contributed by atoms with Crippen LogP contribution in [0.15, 0.2) is 53.4 Å². The van der Waals surface area contributed by atoms with Gasteiger partial charge in [0.25, 0.3) is 5.91 Å². The second kappa shape index (κ2) is 9.61. The fraction of sp³-hybridized carbons (Fsp3) is 0.381. The second-order valence-corrected chi connectivity index (χ2v) is 9.32. The third-order valence-corrected chi connectivity index (χ3v) is 7.19. The maximum absolute atomic E-state index is 13.0. The quantitative estimate of drug-likeness (QED) is 0.701. The van der Waals surface area contributed by atoms with Crippen LogP contribution in [0.25, 0.3) is 0 Å². The molecule has 1 fully saturated rings. The topological polar surface area (TPSA) is 75.7 Å². The van der Waals surface area contributed by atoms with E-state index in [1.165, 1.54) is 12.1 Å². The van der Waals surface area contributed by atoms with Crippen molar-refractivity contribution in [2.45, 2.75) is 43.5 Å². The van der Waals surface area contributed by atoms with Crippen LogP contribution in [0.3, 0.4) is 0 Å². The molecule has 0 saturated carbocycles. The summed E-state index contributed by atoms with van der Waals surface area (Å²) < 4.78 is 33.0. The lowest BCUT2D eigenvalue weighted by molar-refractivity contribution is -0.118. The van der Waals surface area contributed by atoms with Gasteiger partial charge in [0.2, 0.25) is 10.0 Å². The fourth-order valence-electron chi connectivity index (χ4n) is 3.42. The first-order valence-corrected chi connectivity index (χ1v) is 11.5. The van der Waals surface area contributed by atoms with E-state index < -0.39 is 10.0 Å². The third-order valence-electron chi connectivity index (χ3n) is 4.97. The van der Waals surface area contributed by atoms with Gasteiger partial charge in [0, 0.05) is 23.3 Å². The number of carbonyl (C=O) groups excluding carboxylic acids is 1. The van der Waals surface area contributed by atoms with Crippen molar-refractivity contribution in [3.63, 3.8) is 0 Å². The Bertz CT molecular complexity index is 930. The summed E-state index contributed by atoms with van der Waals surface area (Å²) in [5.74, 6) is 0.204. The van der Waals surface area contributed by atoms with E-state index in [-0.39, 0.29) is 23.5 Å². The number of halogens is 1. The Balaban J connectivity index is 1.60. The summed E-state index contributed by atoms with van der Waals surface area (Å²) in [6, 6.07) is 13.0. The lowest BCUT2D eigenvalue weighted by Gasteiger charge is -2.34. The van der Waals surface area contributed by atoms with Crippen molar-refractivity contribution in [3.05, 3.63) is 53.6 Å². The maximum Gasteiger partial charge on any atom is 0.262 e. The van der Waals surface area contributed by atoms with Crippen LogP contribution in [-0.4, -0.2) is 37.8 Å². The smallest absolute Gasteiger partial charge is 0.262 e. The van der Waals surface area contributed by atoms with Gasteiger partial charge in [-0.2, -0.15) is 4.31 Å². The van der Waals surface area contributed by atoms with Crippen molar-refractivity contribution in [2.75, 3.05) is 18.5 Å². The van der Waals surface area contributed by atoms with Crippen LogP contribution >= 0.6 is 11.6 Å². The molecule has 1 heterocycles. The number of hydrogen-bond donors (Lipinski definition) is 1. The highest BCUT2D eigenvalue weighted by Crippen LogP contribution is 2.27. The normalized spacial score (nSPS) is 17.7. The van der Waals surface area contributed by atoms with Crippen molar-refractivity contribution >= 4 is 33.2 Å². The molecule has 0 spiro atoms. The molecule has 3 rings (SSSR count). The highest BCUT2D eigenvalue weighted by molar-refractivity contribution is 7.89. The average molecular weight is 437 g/mol. The minimum absolute atomic E-state index is 0.0538. The number of hydrogen-bond acceptors (Lipinski definition) is 4. The first-order chi connectivity index (χ1) is 13.9. The Morgan fingerprint density at radius 1 is 1.14 bits per heavy atom. The van der Waals surface area contributed by atoms with Crippen LogP contribution in [0.2, 0.25) is 5.02 Å². The van der Waals surface area contributed by atoms with Gasteiger partial charge in [-0.25, -0.2) is 8.42 Å². The van der Waals surface area contributed by atoms with Gasteiger partial charge in [0.05, 0.1) is 4.90 Å². The largest absolute Gasteiger partial charge is 0.484 e. The standard InChI is InChI=1S/C21H25ClN2O4S/c1-2-18-5-3-4-14-24(18)29(26,27)20-12-8-17(9-13-20)23-21(25)15-28-19-10-6-16(22)7-11-19/h6-13,18H,2-5,14-15H2,1H3,(H,23,25). The number of piperidine rings is 1. The summed E-state index contributed by atoms with van der Waals surface area (Å²) in [6.45, 7) is 2.41. The van der Waals surface area contributed by atoms with Crippen molar-refractivity contribution in [1.29, 1.82) is 0 Å². The van der Waals surface area contributed by atoms with E-state index in [1.54, 1.807) is 40.7 Å². The lowest BCUT2D eigenvalue weighted by Crippen LogP contribution is -2.43. The summed E-state index contributed by atoms with van der Waals surface area (Å²) in [7, 11) is -3.53. The van der Waals surface area contributed by atoms with Gasteiger partial charge in [-0.05, 0) is 67.8 Å². The molecule has 0 aromatic heterocycles. The Kier molecular flexibility index (Phi) is 7.16. The first kappa shape index (κ1) is 21.6. The Morgan fingerprint density at radius 2 is 1.83 bits per heavy atom. The molecule has 6 nitrogen and oxygen atoms in total.